The number of aryl methyl sites for hydroxylation is 1. The zero-order chi connectivity index (χ0) is 24.5. The Kier molecular flexibility index (Phi) is 6.99. The van der Waals surface area contributed by atoms with Crippen LogP contribution in [0, 0.1) is 12.7 Å². The van der Waals surface area contributed by atoms with E-state index >= 15 is 0 Å². The van der Waals surface area contributed by atoms with Gasteiger partial charge in [0.1, 0.15) is 17.5 Å². The monoisotopic (exact) mass is 486 g/mol. The Bertz CT molecular complexity index is 1060. The topological polar surface area (TPSA) is 85.4 Å². The number of alkyl halides is 4. The first-order chi connectivity index (χ1) is 16.1. The highest BCUT2D eigenvalue weighted by atomic mass is 19.3. The van der Waals surface area contributed by atoms with Crippen LogP contribution in [0.1, 0.15) is 53.8 Å². The van der Waals surface area contributed by atoms with E-state index in [1.54, 1.807) is 6.92 Å². The molecule has 2 aromatic rings. The number of carbonyl (C=O) groups excluding carboxylic acids is 1. The number of hydrogen-bond donors (Lipinski definition) is 2. The van der Waals surface area contributed by atoms with E-state index < -0.39 is 54.8 Å². The lowest BCUT2D eigenvalue weighted by Gasteiger charge is -2.35. The molecule has 0 bridgehead atoms. The number of carbonyl (C=O) groups is 1. The Balaban J connectivity index is 1.57. The molecule has 1 aliphatic heterocycles. The number of amides is 1. The zero-order valence-corrected chi connectivity index (χ0v) is 18.2. The van der Waals surface area contributed by atoms with Gasteiger partial charge in [-0.25, -0.2) is 31.9 Å². The molecule has 1 aromatic heterocycles. The molecule has 7 nitrogen and oxygen atoms in total. The van der Waals surface area contributed by atoms with Crippen molar-refractivity contribution >= 4 is 11.7 Å². The predicted octanol–water partition coefficient (Wildman–Crippen LogP) is 3.98. The second-order valence-electron chi connectivity index (χ2n) is 8.23. The summed E-state index contributed by atoms with van der Waals surface area (Å²) in [5, 5.41) is 5.47. The second-order valence-corrected chi connectivity index (χ2v) is 8.23. The predicted molar refractivity (Wildman–Crippen MR) is 110 cm³/mol. The average Bonchev–Trinajstić information content (AvgIpc) is 3.25. The van der Waals surface area contributed by atoms with Crippen LogP contribution in [0.4, 0.5) is 27.8 Å². The largest absolute Gasteiger partial charge is 0.365 e. The van der Waals surface area contributed by atoms with Crippen molar-refractivity contribution in [3.05, 3.63) is 52.2 Å². The van der Waals surface area contributed by atoms with Crippen molar-refractivity contribution in [1.82, 2.24) is 15.3 Å². The molecule has 1 saturated heterocycles. The van der Waals surface area contributed by atoms with Crippen LogP contribution in [0.5, 0.6) is 0 Å². The number of anilines is 1. The minimum Gasteiger partial charge on any atom is -0.365 e. The molecule has 34 heavy (non-hydrogen) atoms. The number of halogens is 5. The molecule has 2 aliphatic rings. The van der Waals surface area contributed by atoms with Gasteiger partial charge in [0.25, 0.3) is 12.3 Å². The highest BCUT2D eigenvalue weighted by molar-refractivity contribution is 5.79. The highest BCUT2D eigenvalue weighted by Gasteiger charge is 2.46. The lowest BCUT2D eigenvalue weighted by atomic mass is 9.88. The van der Waals surface area contributed by atoms with Crippen LogP contribution in [0.2, 0.25) is 0 Å². The maximum atomic E-state index is 14.5. The van der Waals surface area contributed by atoms with Gasteiger partial charge in [0.15, 0.2) is 6.29 Å². The smallest absolute Gasteiger partial charge is 0.266 e. The van der Waals surface area contributed by atoms with Crippen molar-refractivity contribution in [2.24, 2.45) is 0 Å². The molecule has 0 spiro atoms. The fourth-order valence-electron chi connectivity index (χ4n) is 3.96. The third kappa shape index (κ3) is 5.44. The van der Waals surface area contributed by atoms with Gasteiger partial charge in [0, 0.05) is 31.0 Å². The minimum atomic E-state index is -2.96. The zero-order valence-electron chi connectivity index (χ0n) is 18.2. The van der Waals surface area contributed by atoms with Crippen molar-refractivity contribution in [1.29, 1.82) is 0 Å². The van der Waals surface area contributed by atoms with Crippen LogP contribution in [-0.2, 0) is 27.2 Å². The standard InChI is InChI=1S/C22H23F5N4O3/c1-11-29-15(7-16(32)31-13-8-22(26,27)9-13)17(21-33-5-6-34-21)20(30-11)28-10-12-3-2-4-14(18(12)23)19(24)25/h2-4,13,19,21H,5-10H2,1H3,(H,31,32)(H,28,29,30). The summed E-state index contributed by atoms with van der Waals surface area (Å²) in [4.78, 5) is 21.1. The summed E-state index contributed by atoms with van der Waals surface area (Å²) in [6.07, 6.45) is -4.94. The third-order valence-corrected chi connectivity index (χ3v) is 5.57. The minimum absolute atomic E-state index is 0.00141. The second kappa shape index (κ2) is 9.79. The van der Waals surface area contributed by atoms with Gasteiger partial charge in [-0.15, -0.1) is 0 Å². The first kappa shape index (κ1) is 24.3. The molecule has 2 heterocycles. The Morgan fingerprint density at radius 2 is 1.91 bits per heavy atom. The molecule has 2 N–H and O–H groups in total. The van der Waals surface area contributed by atoms with E-state index in [4.69, 9.17) is 9.47 Å². The first-order valence-electron chi connectivity index (χ1n) is 10.7. The Hall–Kier alpha value is -2.86. The molecule has 1 saturated carbocycles. The van der Waals surface area contributed by atoms with Gasteiger partial charge in [-0.1, -0.05) is 18.2 Å². The van der Waals surface area contributed by atoms with Gasteiger partial charge in [-0.05, 0) is 6.92 Å². The molecule has 0 unspecified atom stereocenters. The fourth-order valence-corrected chi connectivity index (χ4v) is 3.96. The van der Waals surface area contributed by atoms with Gasteiger partial charge < -0.3 is 20.1 Å². The molecule has 4 rings (SSSR count). The molecule has 184 valence electrons. The van der Waals surface area contributed by atoms with Gasteiger partial charge in [0.2, 0.25) is 5.91 Å². The number of rotatable bonds is 8. The number of aromatic nitrogens is 2. The Morgan fingerprint density at radius 1 is 1.21 bits per heavy atom. The van der Waals surface area contributed by atoms with Gasteiger partial charge >= 0.3 is 0 Å². The maximum Gasteiger partial charge on any atom is 0.266 e. The lowest BCUT2D eigenvalue weighted by Crippen LogP contribution is -2.50. The number of ether oxygens (including phenoxy) is 2. The number of nitrogens with zero attached hydrogens (tertiary/aromatic N) is 2. The Morgan fingerprint density at radius 3 is 2.56 bits per heavy atom. The molecule has 0 atom stereocenters. The fraction of sp³-hybridized carbons (Fsp3) is 0.500. The normalized spacial score (nSPS) is 18.2. The van der Waals surface area contributed by atoms with Crippen LogP contribution < -0.4 is 10.6 Å². The van der Waals surface area contributed by atoms with E-state index in [-0.39, 0.29) is 49.1 Å². The summed E-state index contributed by atoms with van der Waals surface area (Å²) in [6.45, 7) is 1.97. The lowest BCUT2D eigenvalue weighted by molar-refractivity contribution is -0.128. The van der Waals surface area contributed by atoms with E-state index in [2.05, 4.69) is 20.6 Å². The van der Waals surface area contributed by atoms with Crippen molar-refractivity contribution in [2.45, 2.75) is 57.4 Å². The molecular weight excluding hydrogens is 463 g/mol. The van der Waals surface area contributed by atoms with E-state index in [0.717, 1.165) is 6.07 Å². The van der Waals surface area contributed by atoms with Crippen LogP contribution in [0.3, 0.4) is 0 Å². The summed E-state index contributed by atoms with van der Waals surface area (Å²) in [6, 6.07) is 3.10. The van der Waals surface area contributed by atoms with E-state index in [1.165, 1.54) is 12.1 Å². The number of benzene rings is 1. The number of nitrogens with one attached hydrogen (secondary N) is 2. The molecule has 1 amide bonds. The van der Waals surface area contributed by atoms with Crippen molar-refractivity contribution in [2.75, 3.05) is 18.5 Å². The molecular formula is C22H23F5N4O3. The van der Waals surface area contributed by atoms with Gasteiger partial charge in [0.05, 0.1) is 36.5 Å². The van der Waals surface area contributed by atoms with Crippen molar-refractivity contribution in [3.8, 4) is 0 Å². The molecule has 1 aromatic carbocycles. The number of hydrogen-bond acceptors (Lipinski definition) is 6. The highest BCUT2D eigenvalue weighted by Crippen LogP contribution is 2.37. The SMILES string of the molecule is Cc1nc(CC(=O)NC2CC(F)(F)C2)c(C2OCCO2)c(NCc2cccc(C(F)F)c2F)n1. The van der Waals surface area contributed by atoms with Gasteiger partial charge in [-0.2, -0.15) is 0 Å². The maximum absolute atomic E-state index is 14.5. The van der Waals surface area contributed by atoms with E-state index in [9.17, 15) is 26.7 Å². The van der Waals surface area contributed by atoms with Crippen LogP contribution >= 0.6 is 0 Å². The summed E-state index contributed by atoms with van der Waals surface area (Å²) in [5.74, 6) is -3.82. The summed E-state index contributed by atoms with van der Waals surface area (Å²) >= 11 is 0. The molecule has 0 radical (unpaired) electrons. The summed E-state index contributed by atoms with van der Waals surface area (Å²) in [7, 11) is 0. The van der Waals surface area contributed by atoms with E-state index in [1.807, 2.05) is 0 Å². The quantitative estimate of drug-likeness (QED) is 0.550. The van der Waals surface area contributed by atoms with Crippen molar-refractivity contribution < 1.29 is 36.2 Å². The summed E-state index contributed by atoms with van der Waals surface area (Å²) in [5.41, 5.74) is -0.145. The summed E-state index contributed by atoms with van der Waals surface area (Å²) < 4.78 is 77.8. The van der Waals surface area contributed by atoms with E-state index in [0.29, 0.717) is 5.56 Å². The average molecular weight is 486 g/mol. The van der Waals surface area contributed by atoms with Gasteiger partial charge in [-0.3, -0.25) is 4.79 Å². The van der Waals surface area contributed by atoms with Crippen molar-refractivity contribution in [3.63, 3.8) is 0 Å². The van der Waals surface area contributed by atoms with Crippen LogP contribution in [-0.4, -0.2) is 41.1 Å². The molecule has 12 heteroatoms. The Labute approximate surface area is 192 Å². The molecule has 2 fully saturated rings. The van der Waals surface area contributed by atoms with Crippen LogP contribution in [0.25, 0.3) is 0 Å². The van der Waals surface area contributed by atoms with Crippen LogP contribution in [0.15, 0.2) is 18.2 Å². The first-order valence-corrected chi connectivity index (χ1v) is 10.7. The molecule has 1 aliphatic carbocycles. The third-order valence-electron chi connectivity index (χ3n) is 5.57.